The van der Waals surface area contributed by atoms with Gasteiger partial charge in [0.25, 0.3) is 0 Å². The van der Waals surface area contributed by atoms with Gasteiger partial charge < -0.3 is 19.5 Å². The number of guanidine groups is 1. The molecule has 1 aromatic rings. The molecule has 3 rings (SSSR count). The lowest BCUT2D eigenvalue weighted by molar-refractivity contribution is 0.164. The molecule has 1 aliphatic carbocycles. The lowest BCUT2D eigenvalue weighted by Gasteiger charge is -2.36. The van der Waals surface area contributed by atoms with E-state index in [0.717, 1.165) is 63.9 Å². The van der Waals surface area contributed by atoms with Crippen molar-refractivity contribution in [2.24, 2.45) is 10.4 Å². The van der Waals surface area contributed by atoms with Crippen LogP contribution >= 0.6 is 0 Å². The van der Waals surface area contributed by atoms with Gasteiger partial charge in [0.15, 0.2) is 5.96 Å². The second kappa shape index (κ2) is 7.98. The van der Waals surface area contributed by atoms with E-state index >= 15 is 0 Å². The van der Waals surface area contributed by atoms with Gasteiger partial charge in [-0.25, -0.2) is 0 Å². The fraction of sp³-hybridized carbons (Fsp3) is 0.765. The largest absolute Gasteiger partial charge is 0.385 e. The van der Waals surface area contributed by atoms with Crippen LogP contribution in [-0.4, -0.2) is 74.4 Å². The van der Waals surface area contributed by atoms with Gasteiger partial charge in [0.2, 0.25) is 0 Å². The van der Waals surface area contributed by atoms with E-state index in [0.29, 0.717) is 5.41 Å². The molecular weight excluding hydrogens is 306 g/mol. The molecule has 0 unspecified atom stereocenters. The third-order valence-corrected chi connectivity index (χ3v) is 5.18. The fourth-order valence-electron chi connectivity index (χ4n) is 3.28. The molecule has 2 aliphatic rings. The maximum Gasteiger partial charge on any atom is 0.193 e. The molecular formula is C17H29N5O2. The van der Waals surface area contributed by atoms with Gasteiger partial charge >= 0.3 is 0 Å². The van der Waals surface area contributed by atoms with E-state index in [9.17, 15) is 0 Å². The Kier molecular flexibility index (Phi) is 5.73. The van der Waals surface area contributed by atoms with Crippen molar-refractivity contribution in [1.29, 1.82) is 0 Å². The standard InChI is InChI=1S/C17H29N5O2/c1-18-16(19-14-17(4-5-17)6-12-23-2)22-9-7-21(8-10-22)13-15-3-11-24-20-15/h3,11H,4-10,12-14H2,1-2H3,(H,18,19). The summed E-state index contributed by atoms with van der Waals surface area (Å²) in [7, 11) is 3.65. The van der Waals surface area contributed by atoms with Gasteiger partial charge in [-0.3, -0.25) is 9.89 Å². The Bertz CT molecular complexity index is 519. The van der Waals surface area contributed by atoms with E-state index in [4.69, 9.17) is 9.26 Å². The van der Waals surface area contributed by atoms with Crippen molar-refractivity contribution in [1.82, 2.24) is 20.3 Å². The second-order valence-corrected chi connectivity index (χ2v) is 6.90. The highest BCUT2D eigenvalue weighted by Crippen LogP contribution is 2.48. The Morgan fingerprint density at radius 1 is 1.38 bits per heavy atom. The third kappa shape index (κ3) is 4.48. The van der Waals surface area contributed by atoms with Gasteiger partial charge in [-0.2, -0.15) is 0 Å². The summed E-state index contributed by atoms with van der Waals surface area (Å²) in [6, 6.07) is 1.93. The van der Waals surface area contributed by atoms with Crippen LogP contribution in [0.25, 0.3) is 0 Å². The minimum Gasteiger partial charge on any atom is -0.385 e. The van der Waals surface area contributed by atoms with Crippen molar-refractivity contribution in [2.75, 3.05) is 53.5 Å². The lowest BCUT2D eigenvalue weighted by Crippen LogP contribution is -2.52. The molecule has 1 N–H and O–H groups in total. The van der Waals surface area contributed by atoms with Gasteiger partial charge in [0.1, 0.15) is 6.26 Å². The Balaban J connectivity index is 1.42. The van der Waals surface area contributed by atoms with Crippen molar-refractivity contribution in [3.05, 3.63) is 18.0 Å². The monoisotopic (exact) mass is 335 g/mol. The predicted octanol–water partition coefficient (Wildman–Crippen LogP) is 1.18. The first-order chi connectivity index (χ1) is 11.7. The van der Waals surface area contributed by atoms with E-state index in [2.05, 4.69) is 25.3 Å². The summed E-state index contributed by atoms with van der Waals surface area (Å²) < 4.78 is 10.1. The van der Waals surface area contributed by atoms with Crippen molar-refractivity contribution < 1.29 is 9.26 Å². The van der Waals surface area contributed by atoms with Crippen LogP contribution in [0.3, 0.4) is 0 Å². The average Bonchev–Trinajstić information content (AvgIpc) is 3.20. The molecule has 2 heterocycles. The van der Waals surface area contributed by atoms with Crippen molar-refractivity contribution in [3.8, 4) is 0 Å². The summed E-state index contributed by atoms with van der Waals surface area (Å²) in [5, 5.41) is 7.58. The first kappa shape index (κ1) is 17.2. The summed E-state index contributed by atoms with van der Waals surface area (Å²) in [6.45, 7) is 6.72. The van der Waals surface area contributed by atoms with Gasteiger partial charge in [-0.1, -0.05) is 5.16 Å². The molecule has 0 amide bonds. The van der Waals surface area contributed by atoms with E-state index < -0.39 is 0 Å². The molecule has 1 saturated carbocycles. The smallest absolute Gasteiger partial charge is 0.193 e. The molecule has 0 spiro atoms. The van der Waals surface area contributed by atoms with E-state index in [1.807, 2.05) is 13.1 Å². The zero-order chi connectivity index (χ0) is 16.8. The minimum atomic E-state index is 0.431. The highest BCUT2D eigenvalue weighted by Gasteiger charge is 2.42. The van der Waals surface area contributed by atoms with Crippen molar-refractivity contribution in [2.45, 2.75) is 25.8 Å². The normalized spacial score (nSPS) is 21.1. The Labute approximate surface area is 144 Å². The van der Waals surface area contributed by atoms with Crippen LogP contribution in [-0.2, 0) is 11.3 Å². The predicted molar refractivity (Wildman–Crippen MR) is 92.9 cm³/mol. The van der Waals surface area contributed by atoms with Crippen LogP contribution < -0.4 is 5.32 Å². The van der Waals surface area contributed by atoms with Crippen molar-refractivity contribution >= 4 is 5.96 Å². The number of hydrogen-bond acceptors (Lipinski definition) is 5. The Morgan fingerprint density at radius 2 is 2.17 bits per heavy atom. The number of aliphatic imine (C=N–C) groups is 1. The number of nitrogens with zero attached hydrogens (tertiary/aromatic N) is 4. The zero-order valence-electron chi connectivity index (χ0n) is 14.8. The highest BCUT2D eigenvalue weighted by molar-refractivity contribution is 5.80. The second-order valence-electron chi connectivity index (χ2n) is 6.90. The van der Waals surface area contributed by atoms with Crippen LogP contribution in [0, 0.1) is 5.41 Å². The topological polar surface area (TPSA) is 66.1 Å². The first-order valence-electron chi connectivity index (χ1n) is 8.81. The number of aromatic nitrogens is 1. The van der Waals surface area contributed by atoms with Gasteiger partial charge in [-0.05, 0) is 24.7 Å². The average molecular weight is 335 g/mol. The maximum absolute atomic E-state index is 5.24. The van der Waals surface area contributed by atoms with E-state index in [-0.39, 0.29) is 0 Å². The van der Waals surface area contributed by atoms with Crippen LogP contribution in [0.15, 0.2) is 21.8 Å². The van der Waals surface area contributed by atoms with Crippen LogP contribution in [0.4, 0.5) is 0 Å². The molecule has 0 atom stereocenters. The van der Waals surface area contributed by atoms with E-state index in [1.165, 1.54) is 12.8 Å². The number of ether oxygens (including phenoxy) is 1. The number of piperazine rings is 1. The molecule has 0 aromatic carbocycles. The minimum absolute atomic E-state index is 0.431. The van der Waals surface area contributed by atoms with Gasteiger partial charge in [-0.15, -0.1) is 0 Å². The molecule has 134 valence electrons. The number of methoxy groups -OCH3 is 1. The van der Waals surface area contributed by atoms with Crippen LogP contribution in [0.5, 0.6) is 0 Å². The number of hydrogen-bond donors (Lipinski definition) is 1. The maximum atomic E-state index is 5.24. The molecule has 1 aliphatic heterocycles. The summed E-state index contributed by atoms with van der Waals surface area (Å²) >= 11 is 0. The zero-order valence-corrected chi connectivity index (χ0v) is 14.8. The van der Waals surface area contributed by atoms with Crippen LogP contribution in [0.1, 0.15) is 25.0 Å². The first-order valence-corrected chi connectivity index (χ1v) is 8.81. The molecule has 2 fully saturated rings. The Morgan fingerprint density at radius 3 is 2.75 bits per heavy atom. The quantitative estimate of drug-likeness (QED) is 0.596. The fourth-order valence-corrected chi connectivity index (χ4v) is 3.28. The summed E-state index contributed by atoms with van der Waals surface area (Å²) in [4.78, 5) is 9.24. The number of rotatable bonds is 7. The van der Waals surface area contributed by atoms with Gasteiger partial charge in [0.05, 0.1) is 5.69 Å². The third-order valence-electron chi connectivity index (χ3n) is 5.18. The number of nitrogens with one attached hydrogen (secondary N) is 1. The lowest BCUT2D eigenvalue weighted by atomic mass is 10.0. The van der Waals surface area contributed by atoms with Crippen molar-refractivity contribution in [3.63, 3.8) is 0 Å². The summed E-state index contributed by atoms with van der Waals surface area (Å²) in [6.07, 6.45) is 5.37. The molecule has 24 heavy (non-hydrogen) atoms. The Hall–Kier alpha value is -1.60. The highest BCUT2D eigenvalue weighted by atomic mass is 16.5. The van der Waals surface area contributed by atoms with E-state index in [1.54, 1.807) is 13.4 Å². The molecule has 0 radical (unpaired) electrons. The van der Waals surface area contributed by atoms with Crippen LogP contribution in [0.2, 0.25) is 0 Å². The molecule has 1 aromatic heterocycles. The molecule has 7 heteroatoms. The summed E-state index contributed by atoms with van der Waals surface area (Å²) in [5.41, 5.74) is 1.43. The molecule has 0 bridgehead atoms. The summed E-state index contributed by atoms with van der Waals surface area (Å²) in [5.74, 6) is 1.03. The van der Waals surface area contributed by atoms with Gasteiger partial charge in [0, 0.05) is 66.1 Å². The molecule has 1 saturated heterocycles. The SMILES string of the molecule is CN=C(NCC1(CCOC)CC1)N1CCN(Cc2ccon2)CC1. The molecule has 7 nitrogen and oxygen atoms in total.